The van der Waals surface area contributed by atoms with E-state index in [1.54, 1.807) is 12.3 Å². The number of ketones is 1. The number of non-ortho nitro benzene ring substituents is 1. The minimum Gasteiger partial charge on any atom is -0.496 e. The van der Waals surface area contributed by atoms with E-state index in [0.717, 1.165) is 0 Å². The number of methoxy groups -OCH3 is 1. The van der Waals surface area contributed by atoms with Crippen molar-refractivity contribution in [1.82, 2.24) is 4.98 Å². The fraction of sp³-hybridized carbons (Fsp3) is 0.143. The number of nitrogens with zero attached hydrogens (tertiary/aromatic N) is 2. The number of benzene rings is 1. The molecule has 0 aliphatic carbocycles. The van der Waals surface area contributed by atoms with Gasteiger partial charge in [0.15, 0.2) is 5.78 Å². The van der Waals surface area contributed by atoms with E-state index in [4.69, 9.17) is 16.3 Å². The zero-order valence-corrected chi connectivity index (χ0v) is 11.8. The zero-order valence-electron chi connectivity index (χ0n) is 11.1. The van der Waals surface area contributed by atoms with Gasteiger partial charge in [0.2, 0.25) is 0 Å². The summed E-state index contributed by atoms with van der Waals surface area (Å²) in [6, 6.07) is 5.53. The molecule has 0 atom stereocenters. The minimum atomic E-state index is -0.545. The van der Waals surface area contributed by atoms with E-state index < -0.39 is 4.92 Å². The van der Waals surface area contributed by atoms with Crippen molar-refractivity contribution >= 4 is 23.1 Å². The maximum absolute atomic E-state index is 12.3. The third kappa shape index (κ3) is 3.35. The molecule has 6 nitrogen and oxygen atoms in total. The van der Waals surface area contributed by atoms with E-state index in [2.05, 4.69) is 4.98 Å². The predicted molar refractivity (Wildman–Crippen MR) is 76.9 cm³/mol. The van der Waals surface area contributed by atoms with Crippen LogP contribution in [0.5, 0.6) is 5.75 Å². The number of aromatic nitrogens is 1. The number of carbonyl (C=O) groups is 1. The van der Waals surface area contributed by atoms with Crippen LogP contribution in [0.1, 0.15) is 15.9 Å². The van der Waals surface area contributed by atoms with Crippen molar-refractivity contribution in [3.8, 4) is 5.75 Å². The molecule has 1 heterocycles. The summed E-state index contributed by atoms with van der Waals surface area (Å²) >= 11 is 5.96. The van der Waals surface area contributed by atoms with Crippen LogP contribution in [0, 0.1) is 10.1 Å². The van der Waals surface area contributed by atoms with Gasteiger partial charge in [-0.2, -0.15) is 0 Å². The Morgan fingerprint density at radius 3 is 2.81 bits per heavy atom. The predicted octanol–water partition coefficient (Wildman–Crippen LogP) is 3.08. The molecule has 0 spiro atoms. The summed E-state index contributed by atoms with van der Waals surface area (Å²) in [5.74, 6) is -0.0748. The molecule has 0 N–H and O–H groups in total. The standard InChI is InChI=1S/C14H11ClN2O4/c1-21-14-7-10(17(19)20)2-3-11(14)13(18)6-9-4-5-16-8-12(9)15/h2-5,7-8H,6H2,1H3. The Bertz CT molecular complexity index is 703. The highest BCUT2D eigenvalue weighted by atomic mass is 35.5. The molecule has 1 aromatic heterocycles. The van der Waals surface area contributed by atoms with Crippen molar-refractivity contribution in [1.29, 1.82) is 0 Å². The monoisotopic (exact) mass is 306 g/mol. The molecule has 7 heteroatoms. The van der Waals surface area contributed by atoms with Crippen molar-refractivity contribution in [2.75, 3.05) is 7.11 Å². The summed E-state index contributed by atoms with van der Waals surface area (Å²) in [4.78, 5) is 26.3. The lowest BCUT2D eigenvalue weighted by atomic mass is 10.0. The molecule has 0 fully saturated rings. The molecule has 0 saturated carbocycles. The van der Waals surface area contributed by atoms with Crippen LogP contribution in [0.3, 0.4) is 0 Å². The minimum absolute atomic E-state index is 0.0650. The number of carbonyl (C=O) groups excluding carboxylic acids is 1. The van der Waals surface area contributed by atoms with Crippen molar-refractivity contribution in [2.45, 2.75) is 6.42 Å². The Balaban J connectivity index is 2.31. The van der Waals surface area contributed by atoms with E-state index in [0.29, 0.717) is 10.6 Å². The Labute approximate surface area is 125 Å². The van der Waals surface area contributed by atoms with Gasteiger partial charge in [-0.1, -0.05) is 11.6 Å². The third-order valence-electron chi connectivity index (χ3n) is 2.90. The molecule has 0 aliphatic heterocycles. The van der Waals surface area contributed by atoms with Gasteiger partial charge in [0.25, 0.3) is 5.69 Å². The van der Waals surface area contributed by atoms with Crippen LogP contribution in [0.25, 0.3) is 0 Å². The Hall–Kier alpha value is -2.47. The van der Waals surface area contributed by atoms with Gasteiger partial charge in [0.05, 0.1) is 28.7 Å². The Morgan fingerprint density at radius 1 is 1.43 bits per heavy atom. The largest absolute Gasteiger partial charge is 0.496 e. The Kier molecular flexibility index (Phi) is 4.49. The summed E-state index contributed by atoms with van der Waals surface area (Å²) in [5.41, 5.74) is 0.776. The normalized spacial score (nSPS) is 10.2. The number of rotatable bonds is 5. The van der Waals surface area contributed by atoms with Gasteiger partial charge in [-0.15, -0.1) is 0 Å². The molecule has 0 aliphatic rings. The summed E-state index contributed by atoms with van der Waals surface area (Å²) in [5, 5.41) is 11.1. The van der Waals surface area contributed by atoms with Crippen LogP contribution in [0.15, 0.2) is 36.7 Å². The Morgan fingerprint density at radius 2 is 2.19 bits per heavy atom. The lowest BCUT2D eigenvalue weighted by Gasteiger charge is -2.08. The lowest BCUT2D eigenvalue weighted by molar-refractivity contribution is -0.384. The van der Waals surface area contributed by atoms with E-state index in [9.17, 15) is 14.9 Å². The van der Waals surface area contributed by atoms with Crippen molar-refractivity contribution in [2.24, 2.45) is 0 Å². The number of hydrogen-bond donors (Lipinski definition) is 0. The second-order valence-electron chi connectivity index (χ2n) is 4.21. The van der Waals surface area contributed by atoms with Crippen LogP contribution >= 0.6 is 11.6 Å². The third-order valence-corrected chi connectivity index (χ3v) is 3.24. The van der Waals surface area contributed by atoms with Gasteiger partial charge in [0.1, 0.15) is 5.75 Å². The maximum Gasteiger partial charge on any atom is 0.273 e. The highest BCUT2D eigenvalue weighted by Crippen LogP contribution is 2.26. The fourth-order valence-corrected chi connectivity index (χ4v) is 2.03. The van der Waals surface area contributed by atoms with Crippen molar-refractivity contribution in [3.05, 3.63) is 62.9 Å². The van der Waals surface area contributed by atoms with Gasteiger partial charge in [-0.05, 0) is 17.7 Å². The van der Waals surface area contributed by atoms with Crippen molar-refractivity contribution in [3.63, 3.8) is 0 Å². The van der Waals surface area contributed by atoms with Crippen LogP contribution in [-0.2, 0) is 6.42 Å². The van der Waals surface area contributed by atoms with Gasteiger partial charge in [-0.3, -0.25) is 19.9 Å². The topological polar surface area (TPSA) is 82.3 Å². The van der Waals surface area contributed by atoms with Crippen LogP contribution in [0.4, 0.5) is 5.69 Å². The molecular weight excluding hydrogens is 296 g/mol. The first-order valence-electron chi connectivity index (χ1n) is 5.97. The van der Waals surface area contributed by atoms with E-state index in [-0.39, 0.29) is 29.2 Å². The first kappa shape index (κ1) is 14.9. The van der Waals surface area contributed by atoms with Crippen molar-refractivity contribution < 1.29 is 14.5 Å². The van der Waals surface area contributed by atoms with Crippen LogP contribution in [-0.4, -0.2) is 22.8 Å². The highest BCUT2D eigenvalue weighted by molar-refractivity contribution is 6.31. The second-order valence-corrected chi connectivity index (χ2v) is 4.62. The number of halogens is 1. The summed E-state index contributed by atoms with van der Waals surface area (Å²) < 4.78 is 5.05. The number of ether oxygens (including phenoxy) is 1. The molecule has 0 bridgehead atoms. The molecule has 0 unspecified atom stereocenters. The summed E-state index contributed by atoms with van der Waals surface area (Å²) in [6.07, 6.45) is 3.06. The van der Waals surface area contributed by atoms with E-state index >= 15 is 0 Å². The molecule has 0 radical (unpaired) electrons. The van der Waals surface area contributed by atoms with E-state index in [1.165, 1.54) is 31.5 Å². The SMILES string of the molecule is COc1cc([N+](=O)[O-])ccc1C(=O)Cc1ccncc1Cl. The zero-order chi connectivity index (χ0) is 15.4. The first-order valence-corrected chi connectivity index (χ1v) is 6.34. The van der Waals surface area contributed by atoms with Gasteiger partial charge >= 0.3 is 0 Å². The highest BCUT2D eigenvalue weighted by Gasteiger charge is 2.17. The molecule has 21 heavy (non-hydrogen) atoms. The molecule has 1 aromatic carbocycles. The summed E-state index contributed by atoms with van der Waals surface area (Å²) in [6.45, 7) is 0. The second kappa shape index (κ2) is 6.32. The summed E-state index contributed by atoms with van der Waals surface area (Å²) in [7, 11) is 1.36. The molecule has 2 aromatic rings. The molecular formula is C14H11ClN2O4. The maximum atomic E-state index is 12.3. The van der Waals surface area contributed by atoms with E-state index in [1.807, 2.05) is 0 Å². The van der Waals surface area contributed by atoms with Crippen LogP contribution < -0.4 is 4.74 Å². The average Bonchev–Trinajstić information content (AvgIpc) is 2.48. The first-order chi connectivity index (χ1) is 10.0. The quantitative estimate of drug-likeness (QED) is 0.481. The number of pyridine rings is 1. The number of nitro groups is 1. The number of Topliss-reactive ketones (excluding diaryl/α,β-unsaturated/α-hetero) is 1. The molecule has 0 saturated heterocycles. The molecule has 0 amide bonds. The average molecular weight is 307 g/mol. The molecule has 2 rings (SSSR count). The fourth-order valence-electron chi connectivity index (χ4n) is 1.84. The van der Waals surface area contributed by atoms with Crippen LogP contribution in [0.2, 0.25) is 5.02 Å². The van der Waals surface area contributed by atoms with Gasteiger partial charge in [-0.25, -0.2) is 0 Å². The number of nitro benzene ring substituents is 1. The smallest absolute Gasteiger partial charge is 0.273 e. The van der Waals surface area contributed by atoms with Gasteiger partial charge in [0, 0.05) is 24.9 Å². The molecule has 108 valence electrons. The number of hydrogen-bond acceptors (Lipinski definition) is 5. The lowest BCUT2D eigenvalue weighted by Crippen LogP contribution is -2.07. The van der Waals surface area contributed by atoms with Gasteiger partial charge < -0.3 is 4.74 Å².